The van der Waals surface area contributed by atoms with Crippen LogP contribution in [0.5, 0.6) is 5.75 Å². The van der Waals surface area contributed by atoms with Crippen LogP contribution in [0.4, 0.5) is 0 Å². The van der Waals surface area contributed by atoms with Gasteiger partial charge in [-0.2, -0.15) is 5.10 Å². The normalized spacial score (nSPS) is 15.8. The second-order valence-corrected chi connectivity index (χ2v) is 5.64. The van der Waals surface area contributed by atoms with Crippen molar-refractivity contribution in [3.05, 3.63) is 22.1 Å². The molecule has 0 unspecified atom stereocenters. The van der Waals surface area contributed by atoms with Gasteiger partial charge in [-0.15, -0.1) is 0 Å². The lowest BCUT2D eigenvalue weighted by molar-refractivity contribution is -0.132. The van der Waals surface area contributed by atoms with Crippen molar-refractivity contribution in [3.8, 4) is 5.75 Å². The summed E-state index contributed by atoms with van der Waals surface area (Å²) < 4.78 is 5.04. The Hall–Kier alpha value is -1.93. The standard InChI is InChI=1S/C15H24N4O4/c1-23-10-2-5-18-6-8-19(9-7-18)14(21)4-3-12-11-13(20)15(22)17-16-12/h11H,2-10H2,1H3,(H,16,20)(H,17,22). The number of nitrogens with zero attached hydrogens (tertiary/aromatic N) is 3. The molecule has 23 heavy (non-hydrogen) atoms. The van der Waals surface area contributed by atoms with E-state index in [1.165, 1.54) is 6.07 Å². The van der Waals surface area contributed by atoms with Gasteiger partial charge in [-0.3, -0.25) is 14.5 Å². The zero-order valence-electron chi connectivity index (χ0n) is 13.5. The number of hydrogen-bond acceptors (Lipinski definition) is 6. The van der Waals surface area contributed by atoms with Gasteiger partial charge >= 0.3 is 5.56 Å². The van der Waals surface area contributed by atoms with E-state index in [0.717, 1.165) is 45.8 Å². The Morgan fingerprint density at radius 1 is 1.39 bits per heavy atom. The summed E-state index contributed by atoms with van der Waals surface area (Å²) in [7, 11) is 1.70. The van der Waals surface area contributed by atoms with Gasteiger partial charge < -0.3 is 14.7 Å². The van der Waals surface area contributed by atoms with E-state index in [1.54, 1.807) is 7.11 Å². The van der Waals surface area contributed by atoms with Crippen molar-refractivity contribution in [2.45, 2.75) is 19.3 Å². The van der Waals surface area contributed by atoms with Crippen molar-refractivity contribution in [1.29, 1.82) is 0 Å². The molecular formula is C15H24N4O4. The number of H-pyrrole nitrogens is 1. The van der Waals surface area contributed by atoms with Crippen LogP contribution in [0.15, 0.2) is 10.9 Å². The molecule has 1 fully saturated rings. The van der Waals surface area contributed by atoms with E-state index in [-0.39, 0.29) is 11.7 Å². The Kier molecular flexibility index (Phi) is 6.54. The number of ether oxygens (including phenoxy) is 1. The molecule has 8 nitrogen and oxygen atoms in total. The second kappa shape index (κ2) is 8.64. The third kappa shape index (κ3) is 5.33. The Morgan fingerprint density at radius 2 is 2.13 bits per heavy atom. The van der Waals surface area contributed by atoms with E-state index in [1.807, 2.05) is 4.90 Å². The van der Waals surface area contributed by atoms with Gasteiger partial charge in [-0.25, -0.2) is 5.10 Å². The average Bonchev–Trinajstić information content (AvgIpc) is 2.56. The first kappa shape index (κ1) is 17.4. The van der Waals surface area contributed by atoms with Gasteiger partial charge in [0, 0.05) is 65.3 Å². The van der Waals surface area contributed by atoms with E-state index in [0.29, 0.717) is 18.5 Å². The summed E-state index contributed by atoms with van der Waals surface area (Å²) in [5.74, 6) is -0.291. The highest BCUT2D eigenvalue weighted by atomic mass is 16.5. The molecule has 0 aromatic carbocycles. The highest BCUT2D eigenvalue weighted by Gasteiger charge is 2.20. The monoisotopic (exact) mass is 324 g/mol. The predicted molar refractivity (Wildman–Crippen MR) is 84.4 cm³/mol. The molecule has 1 amide bonds. The van der Waals surface area contributed by atoms with Crippen LogP contribution in [-0.4, -0.2) is 77.5 Å². The minimum Gasteiger partial charge on any atom is -0.503 e. The third-order valence-corrected chi connectivity index (χ3v) is 3.98. The molecule has 2 rings (SSSR count). The first-order valence-electron chi connectivity index (χ1n) is 7.87. The topological polar surface area (TPSA) is 98.8 Å². The summed E-state index contributed by atoms with van der Waals surface area (Å²) in [4.78, 5) is 27.4. The SMILES string of the molecule is COCCCN1CCN(C(=O)CCc2cc(O)c(=O)[nH]n2)CC1. The van der Waals surface area contributed by atoms with Crippen molar-refractivity contribution >= 4 is 5.91 Å². The molecule has 1 aromatic heterocycles. The van der Waals surface area contributed by atoms with Gasteiger partial charge in [0.05, 0.1) is 5.69 Å². The van der Waals surface area contributed by atoms with E-state index < -0.39 is 5.56 Å². The fraction of sp³-hybridized carbons (Fsp3) is 0.667. The number of aryl methyl sites for hydroxylation is 1. The maximum Gasteiger partial charge on any atom is 0.306 e. The predicted octanol–water partition coefficient (Wildman–Crippen LogP) is -0.411. The molecule has 1 aromatic rings. The number of hydrogen-bond donors (Lipinski definition) is 2. The second-order valence-electron chi connectivity index (χ2n) is 5.64. The van der Waals surface area contributed by atoms with Crippen LogP contribution in [0, 0.1) is 0 Å². The maximum absolute atomic E-state index is 12.2. The molecule has 1 aliphatic rings. The minimum absolute atomic E-state index is 0.0778. The minimum atomic E-state index is -0.621. The highest BCUT2D eigenvalue weighted by molar-refractivity contribution is 5.76. The molecule has 1 aliphatic heterocycles. The Balaban J connectivity index is 1.72. The van der Waals surface area contributed by atoms with Gasteiger partial charge in [0.2, 0.25) is 5.91 Å². The Labute approximate surface area is 135 Å². The van der Waals surface area contributed by atoms with Crippen LogP contribution in [0.1, 0.15) is 18.5 Å². The van der Waals surface area contributed by atoms with Crippen molar-refractivity contribution in [1.82, 2.24) is 20.0 Å². The quantitative estimate of drug-likeness (QED) is 0.662. The number of aromatic nitrogens is 2. The van der Waals surface area contributed by atoms with E-state index in [9.17, 15) is 14.7 Å². The van der Waals surface area contributed by atoms with Gasteiger partial charge in [0.25, 0.3) is 0 Å². The fourth-order valence-corrected chi connectivity index (χ4v) is 2.61. The molecule has 0 aliphatic carbocycles. The summed E-state index contributed by atoms with van der Waals surface area (Å²) >= 11 is 0. The number of amides is 1. The van der Waals surface area contributed by atoms with E-state index in [2.05, 4.69) is 15.1 Å². The molecule has 0 spiro atoms. The van der Waals surface area contributed by atoms with E-state index >= 15 is 0 Å². The third-order valence-electron chi connectivity index (χ3n) is 3.98. The number of carbonyl (C=O) groups is 1. The first-order valence-corrected chi connectivity index (χ1v) is 7.87. The molecule has 128 valence electrons. The summed E-state index contributed by atoms with van der Waals surface area (Å²) in [5, 5.41) is 15.4. The maximum atomic E-state index is 12.2. The molecule has 2 N–H and O–H groups in total. The van der Waals surface area contributed by atoms with Crippen LogP contribution >= 0.6 is 0 Å². The van der Waals surface area contributed by atoms with Gasteiger partial charge in [0.1, 0.15) is 0 Å². The Bertz CT molecular complexity index is 567. The largest absolute Gasteiger partial charge is 0.503 e. The van der Waals surface area contributed by atoms with Crippen molar-refractivity contribution in [2.24, 2.45) is 0 Å². The fourth-order valence-electron chi connectivity index (χ4n) is 2.61. The summed E-state index contributed by atoms with van der Waals surface area (Å²) in [5.41, 5.74) is -0.113. The first-order chi connectivity index (χ1) is 11.1. The van der Waals surface area contributed by atoms with Crippen molar-refractivity contribution in [2.75, 3.05) is 46.4 Å². The van der Waals surface area contributed by atoms with Crippen LogP contribution in [0.25, 0.3) is 0 Å². The number of aromatic amines is 1. The molecule has 2 heterocycles. The molecule has 8 heteroatoms. The zero-order valence-corrected chi connectivity index (χ0v) is 13.5. The summed E-state index contributed by atoms with van der Waals surface area (Å²) in [6, 6.07) is 1.31. The summed E-state index contributed by atoms with van der Waals surface area (Å²) in [6.07, 6.45) is 1.73. The van der Waals surface area contributed by atoms with Gasteiger partial charge in [0.15, 0.2) is 5.75 Å². The molecule has 0 atom stereocenters. The van der Waals surface area contributed by atoms with Gasteiger partial charge in [-0.1, -0.05) is 0 Å². The average molecular weight is 324 g/mol. The summed E-state index contributed by atoms with van der Waals surface area (Å²) in [6.45, 7) is 4.99. The Morgan fingerprint density at radius 3 is 2.78 bits per heavy atom. The number of aromatic hydroxyl groups is 1. The highest BCUT2D eigenvalue weighted by Crippen LogP contribution is 2.08. The molecule has 1 saturated heterocycles. The molecule has 0 saturated carbocycles. The number of carbonyl (C=O) groups excluding carboxylic acids is 1. The van der Waals surface area contributed by atoms with E-state index in [4.69, 9.17) is 4.74 Å². The molecular weight excluding hydrogens is 300 g/mol. The lowest BCUT2D eigenvalue weighted by Gasteiger charge is -2.34. The van der Waals surface area contributed by atoms with Crippen LogP contribution in [0.2, 0.25) is 0 Å². The number of nitrogens with one attached hydrogen (secondary N) is 1. The van der Waals surface area contributed by atoms with Crippen molar-refractivity contribution < 1.29 is 14.6 Å². The van der Waals surface area contributed by atoms with Crippen LogP contribution in [-0.2, 0) is 16.0 Å². The van der Waals surface area contributed by atoms with Crippen molar-refractivity contribution in [3.63, 3.8) is 0 Å². The van der Waals surface area contributed by atoms with Gasteiger partial charge in [-0.05, 0) is 6.42 Å². The molecule has 0 bridgehead atoms. The number of methoxy groups -OCH3 is 1. The zero-order chi connectivity index (χ0) is 16.7. The number of piperazine rings is 1. The smallest absolute Gasteiger partial charge is 0.306 e. The number of rotatable bonds is 7. The molecule has 0 radical (unpaired) electrons. The lowest BCUT2D eigenvalue weighted by Crippen LogP contribution is -2.49. The lowest BCUT2D eigenvalue weighted by atomic mass is 10.2. The van der Waals surface area contributed by atoms with Crippen LogP contribution in [0.3, 0.4) is 0 Å². The van der Waals surface area contributed by atoms with Crippen LogP contribution < -0.4 is 5.56 Å².